The first kappa shape index (κ1) is 18.8. The van der Waals surface area contributed by atoms with Crippen molar-refractivity contribution in [1.29, 1.82) is 0 Å². The minimum Gasteiger partial charge on any atom is -0.342 e. The lowest BCUT2D eigenvalue weighted by atomic mass is 9.97. The Balaban J connectivity index is 1.28. The number of carbonyl (C=O) groups is 2. The summed E-state index contributed by atoms with van der Waals surface area (Å²) in [6, 6.07) is 5.92. The van der Waals surface area contributed by atoms with Crippen molar-refractivity contribution in [1.82, 2.24) is 25.1 Å². The molecular weight excluding hydrogens is 354 g/mol. The average molecular weight is 383 g/mol. The first-order chi connectivity index (χ1) is 13.5. The highest BCUT2D eigenvalue weighted by Crippen LogP contribution is 2.32. The van der Waals surface area contributed by atoms with E-state index < -0.39 is 0 Å². The largest absolute Gasteiger partial charge is 0.342 e. The number of imidazole rings is 1. The second-order valence-electron chi connectivity index (χ2n) is 8.26. The second kappa shape index (κ2) is 7.81. The average Bonchev–Trinajstić information content (AvgIpc) is 3.46. The molecule has 3 amide bonds. The van der Waals surface area contributed by atoms with Crippen molar-refractivity contribution in [3.8, 4) is 0 Å². The molecule has 1 atom stereocenters. The van der Waals surface area contributed by atoms with Gasteiger partial charge in [0, 0.05) is 32.6 Å². The van der Waals surface area contributed by atoms with E-state index in [1.165, 1.54) is 0 Å². The molecule has 1 aliphatic carbocycles. The highest BCUT2D eigenvalue weighted by molar-refractivity contribution is 5.81. The van der Waals surface area contributed by atoms with E-state index >= 15 is 0 Å². The normalized spacial score (nSPS) is 19.6. The van der Waals surface area contributed by atoms with Crippen LogP contribution in [0, 0.1) is 18.8 Å². The van der Waals surface area contributed by atoms with Crippen LogP contribution in [0.4, 0.5) is 4.79 Å². The standard InChI is InChI=1S/C21H29N5O2/c1-14-5-3-7-17-19(14)24-18(23-17)13-25(2)21(28)22-11-15-6-4-10-26(12-15)20(27)16-8-9-16/h3,5,7,15-16H,4,6,8-13H2,1-2H3,(H,22,28)(H,23,24)/t15-/m1/s1. The topological polar surface area (TPSA) is 81.3 Å². The number of aryl methyl sites for hydroxylation is 1. The van der Waals surface area contributed by atoms with Gasteiger partial charge in [0.15, 0.2) is 0 Å². The number of likely N-dealkylation sites (tertiary alicyclic amines) is 1. The molecule has 4 rings (SSSR count). The van der Waals surface area contributed by atoms with Crippen molar-refractivity contribution >= 4 is 23.0 Å². The number of rotatable bonds is 5. The minimum absolute atomic E-state index is 0.108. The molecule has 2 fully saturated rings. The Morgan fingerprint density at radius 2 is 2.14 bits per heavy atom. The van der Waals surface area contributed by atoms with Gasteiger partial charge in [-0.05, 0) is 50.2 Å². The van der Waals surface area contributed by atoms with Gasteiger partial charge in [0.2, 0.25) is 5.91 Å². The fourth-order valence-electron chi connectivity index (χ4n) is 3.98. The van der Waals surface area contributed by atoms with Crippen LogP contribution in [-0.2, 0) is 11.3 Å². The molecular formula is C21H29N5O2. The van der Waals surface area contributed by atoms with Gasteiger partial charge in [0.1, 0.15) is 5.82 Å². The SMILES string of the molecule is Cc1cccc2[nH]c(CN(C)C(=O)NC[C@H]3CCCN(C(=O)C4CC4)C3)nc12. The van der Waals surface area contributed by atoms with Gasteiger partial charge in [-0.15, -0.1) is 0 Å². The summed E-state index contributed by atoms with van der Waals surface area (Å²) in [7, 11) is 1.78. The molecule has 28 heavy (non-hydrogen) atoms. The predicted octanol–water partition coefficient (Wildman–Crippen LogP) is 2.66. The zero-order chi connectivity index (χ0) is 19.7. The van der Waals surface area contributed by atoms with E-state index in [0.717, 1.165) is 61.2 Å². The molecule has 1 saturated heterocycles. The number of piperidine rings is 1. The Morgan fingerprint density at radius 1 is 1.32 bits per heavy atom. The molecule has 2 N–H and O–H groups in total. The molecule has 2 aliphatic rings. The molecule has 1 aromatic heterocycles. The maximum atomic E-state index is 12.5. The van der Waals surface area contributed by atoms with Crippen LogP contribution in [0.3, 0.4) is 0 Å². The number of carbonyl (C=O) groups excluding carboxylic acids is 2. The predicted molar refractivity (Wildman–Crippen MR) is 108 cm³/mol. The second-order valence-corrected chi connectivity index (χ2v) is 8.26. The van der Waals surface area contributed by atoms with Crippen LogP contribution in [0.15, 0.2) is 18.2 Å². The maximum absolute atomic E-state index is 12.5. The Hall–Kier alpha value is -2.57. The van der Waals surface area contributed by atoms with Gasteiger partial charge in [-0.3, -0.25) is 4.79 Å². The number of urea groups is 1. The number of fused-ring (bicyclic) bond motifs is 1. The molecule has 1 aromatic carbocycles. The third-order valence-electron chi connectivity index (χ3n) is 5.80. The van der Waals surface area contributed by atoms with Crippen molar-refractivity contribution in [3.63, 3.8) is 0 Å². The zero-order valence-electron chi connectivity index (χ0n) is 16.7. The van der Waals surface area contributed by atoms with Gasteiger partial charge in [0.25, 0.3) is 0 Å². The highest BCUT2D eigenvalue weighted by atomic mass is 16.2. The van der Waals surface area contributed by atoms with Gasteiger partial charge < -0.3 is 20.1 Å². The lowest BCUT2D eigenvalue weighted by Crippen LogP contribution is -2.46. The summed E-state index contributed by atoms with van der Waals surface area (Å²) in [6.45, 7) is 4.70. The third kappa shape index (κ3) is 4.13. The van der Waals surface area contributed by atoms with Crippen molar-refractivity contribution in [2.45, 2.75) is 39.2 Å². The molecule has 7 nitrogen and oxygen atoms in total. The van der Waals surface area contributed by atoms with Crippen molar-refractivity contribution in [2.24, 2.45) is 11.8 Å². The summed E-state index contributed by atoms with van der Waals surface area (Å²) in [5.41, 5.74) is 3.06. The summed E-state index contributed by atoms with van der Waals surface area (Å²) < 4.78 is 0. The van der Waals surface area contributed by atoms with Crippen LogP contribution < -0.4 is 5.32 Å². The summed E-state index contributed by atoms with van der Waals surface area (Å²) in [6.07, 6.45) is 4.17. The quantitative estimate of drug-likeness (QED) is 0.833. The molecule has 2 heterocycles. The van der Waals surface area contributed by atoms with Crippen LogP contribution >= 0.6 is 0 Å². The van der Waals surface area contributed by atoms with E-state index in [1.54, 1.807) is 11.9 Å². The first-order valence-corrected chi connectivity index (χ1v) is 10.2. The monoisotopic (exact) mass is 383 g/mol. The number of H-pyrrole nitrogens is 1. The van der Waals surface area contributed by atoms with E-state index in [-0.39, 0.29) is 11.9 Å². The summed E-state index contributed by atoms with van der Waals surface area (Å²) in [5, 5.41) is 3.03. The number of nitrogens with zero attached hydrogens (tertiary/aromatic N) is 3. The maximum Gasteiger partial charge on any atom is 0.317 e. The Labute approximate surface area is 165 Å². The zero-order valence-corrected chi connectivity index (χ0v) is 16.7. The first-order valence-electron chi connectivity index (χ1n) is 10.2. The fourth-order valence-corrected chi connectivity index (χ4v) is 3.98. The molecule has 150 valence electrons. The van der Waals surface area contributed by atoms with Crippen molar-refractivity contribution in [3.05, 3.63) is 29.6 Å². The van der Waals surface area contributed by atoms with Gasteiger partial charge in [0.05, 0.1) is 17.6 Å². The molecule has 0 bridgehead atoms. The Morgan fingerprint density at radius 3 is 2.89 bits per heavy atom. The number of para-hydroxylation sites is 1. The van der Waals surface area contributed by atoms with E-state index in [9.17, 15) is 9.59 Å². The molecule has 0 unspecified atom stereocenters. The fraction of sp³-hybridized carbons (Fsp3) is 0.571. The van der Waals surface area contributed by atoms with E-state index in [1.807, 2.05) is 30.0 Å². The van der Waals surface area contributed by atoms with Crippen molar-refractivity contribution < 1.29 is 9.59 Å². The molecule has 1 saturated carbocycles. The van der Waals surface area contributed by atoms with Crippen molar-refractivity contribution in [2.75, 3.05) is 26.7 Å². The Kier molecular flexibility index (Phi) is 5.24. The molecule has 2 aromatic rings. The summed E-state index contributed by atoms with van der Waals surface area (Å²) in [5.74, 6) is 1.70. The third-order valence-corrected chi connectivity index (χ3v) is 5.80. The summed E-state index contributed by atoms with van der Waals surface area (Å²) in [4.78, 5) is 36.3. The van der Waals surface area contributed by atoms with E-state index in [0.29, 0.717) is 24.9 Å². The van der Waals surface area contributed by atoms with E-state index in [4.69, 9.17) is 0 Å². The van der Waals surface area contributed by atoms with Gasteiger partial charge in [-0.25, -0.2) is 9.78 Å². The molecule has 0 spiro atoms. The van der Waals surface area contributed by atoms with E-state index in [2.05, 4.69) is 15.3 Å². The van der Waals surface area contributed by atoms with Crippen LogP contribution in [0.1, 0.15) is 37.1 Å². The Bertz CT molecular complexity index is 873. The lowest BCUT2D eigenvalue weighted by molar-refractivity contribution is -0.134. The van der Waals surface area contributed by atoms with Crippen LogP contribution in [0.2, 0.25) is 0 Å². The minimum atomic E-state index is -0.108. The number of benzene rings is 1. The van der Waals surface area contributed by atoms with Gasteiger partial charge in [-0.1, -0.05) is 12.1 Å². The van der Waals surface area contributed by atoms with Crippen LogP contribution in [0.5, 0.6) is 0 Å². The molecule has 1 aliphatic heterocycles. The number of aromatic amines is 1. The number of nitrogens with one attached hydrogen (secondary N) is 2. The molecule has 0 radical (unpaired) electrons. The van der Waals surface area contributed by atoms with Gasteiger partial charge in [-0.2, -0.15) is 0 Å². The summed E-state index contributed by atoms with van der Waals surface area (Å²) >= 11 is 0. The molecule has 7 heteroatoms. The lowest BCUT2D eigenvalue weighted by Gasteiger charge is -2.33. The highest BCUT2D eigenvalue weighted by Gasteiger charge is 2.35. The smallest absolute Gasteiger partial charge is 0.317 e. The van der Waals surface area contributed by atoms with Gasteiger partial charge >= 0.3 is 6.03 Å². The van der Waals surface area contributed by atoms with Crippen LogP contribution in [-0.4, -0.2) is 58.4 Å². The number of hydrogen-bond acceptors (Lipinski definition) is 3. The number of amides is 3. The number of aromatic nitrogens is 2. The number of hydrogen-bond donors (Lipinski definition) is 2. The van der Waals surface area contributed by atoms with Crippen LogP contribution in [0.25, 0.3) is 11.0 Å².